The Morgan fingerprint density at radius 3 is 2.40 bits per heavy atom. The van der Waals surface area contributed by atoms with Gasteiger partial charge in [-0.05, 0) is 31.9 Å². The fourth-order valence-electron chi connectivity index (χ4n) is 2.58. The number of carbonyl (C=O) groups is 1. The summed E-state index contributed by atoms with van der Waals surface area (Å²) in [5, 5.41) is 0. The largest absolute Gasteiger partial charge is 0.381 e. The van der Waals surface area contributed by atoms with Crippen molar-refractivity contribution in [3.63, 3.8) is 0 Å². The van der Waals surface area contributed by atoms with Crippen LogP contribution in [0.2, 0.25) is 0 Å². The maximum Gasteiger partial charge on any atom is 0.242 e. The van der Waals surface area contributed by atoms with Crippen LogP contribution in [0, 0.1) is 6.92 Å². The molecular formula is C16H26ClN3O4S. The van der Waals surface area contributed by atoms with Crippen LogP contribution in [0.3, 0.4) is 0 Å². The third-order valence-corrected chi connectivity index (χ3v) is 5.71. The summed E-state index contributed by atoms with van der Waals surface area (Å²) in [5.41, 5.74) is 6.23. The van der Waals surface area contributed by atoms with Crippen LogP contribution in [0.15, 0.2) is 29.2 Å². The van der Waals surface area contributed by atoms with Crippen molar-refractivity contribution in [2.75, 3.05) is 33.4 Å². The Hall–Kier alpha value is -1.19. The smallest absolute Gasteiger partial charge is 0.242 e. The number of benzene rings is 1. The molecule has 1 aromatic carbocycles. The summed E-state index contributed by atoms with van der Waals surface area (Å²) in [7, 11) is -1.95. The Bertz CT molecular complexity index is 673. The van der Waals surface area contributed by atoms with Gasteiger partial charge in [-0.2, -0.15) is 0 Å². The summed E-state index contributed by atoms with van der Waals surface area (Å²) in [6, 6.07) is 6.61. The second-order valence-corrected chi connectivity index (χ2v) is 7.97. The zero-order valence-electron chi connectivity index (χ0n) is 14.5. The van der Waals surface area contributed by atoms with Crippen LogP contribution in [0.5, 0.6) is 0 Å². The van der Waals surface area contributed by atoms with E-state index in [4.69, 9.17) is 10.5 Å². The third-order valence-electron chi connectivity index (χ3n) is 4.23. The van der Waals surface area contributed by atoms with Gasteiger partial charge in [0.15, 0.2) is 0 Å². The van der Waals surface area contributed by atoms with Crippen LogP contribution in [0.4, 0.5) is 0 Å². The minimum atomic E-state index is -3.58. The van der Waals surface area contributed by atoms with Gasteiger partial charge in [0.1, 0.15) is 0 Å². The molecule has 1 aliphatic heterocycles. The van der Waals surface area contributed by atoms with Gasteiger partial charge >= 0.3 is 0 Å². The summed E-state index contributed by atoms with van der Waals surface area (Å²) < 4.78 is 32.2. The van der Waals surface area contributed by atoms with E-state index in [0.29, 0.717) is 26.1 Å². The first-order valence-corrected chi connectivity index (χ1v) is 9.41. The number of amides is 1. The molecule has 25 heavy (non-hydrogen) atoms. The summed E-state index contributed by atoms with van der Waals surface area (Å²) in [5.74, 6) is -0.180. The topological polar surface area (TPSA) is 102 Å². The Morgan fingerprint density at radius 2 is 1.84 bits per heavy atom. The zero-order valence-corrected chi connectivity index (χ0v) is 16.2. The minimum absolute atomic E-state index is 0. The minimum Gasteiger partial charge on any atom is -0.381 e. The lowest BCUT2D eigenvalue weighted by Crippen LogP contribution is -2.57. The summed E-state index contributed by atoms with van der Waals surface area (Å²) >= 11 is 0. The van der Waals surface area contributed by atoms with Gasteiger partial charge in [-0.25, -0.2) is 13.1 Å². The third kappa shape index (κ3) is 5.65. The van der Waals surface area contributed by atoms with Crippen LogP contribution in [-0.2, 0) is 19.6 Å². The fraction of sp³-hybridized carbons (Fsp3) is 0.562. The zero-order chi connectivity index (χ0) is 17.8. The number of rotatable bonds is 6. The Balaban J connectivity index is 0.00000312. The summed E-state index contributed by atoms with van der Waals surface area (Å²) in [6.07, 6.45) is 0.955. The number of carbonyl (C=O) groups excluding carboxylic acids is 1. The van der Waals surface area contributed by atoms with Crippen LogP contribution in [-0.4, -0.2) is 58.1 Å². The highest BCUT2D eigenvalue weighted by molar-refractivity contribution is 7.89. The van der Waals surface area contributed by atoms with Gasteiger partial charge in [-0.3, -0.25) is 4.79 Å². The van der Waals surface area contributed by atoms with Gasteiger partial charge in [0.2, 0.25) is 15.9 Å². The van der Waals surface area contributed by atoms with E-state index in [1.165, 1.54) is 4.90 Å². The number of hydrogen-bond donors (Lipinski definition) is 2. The number of nitrogens with zero attached hydrogens (tertiary/aromatic N) is 1. The van der Waals surface area contributed by atoms with Gasteiger partial charge in [0, 0.05) is 33.4 Å². The molecule has 1 aromatic rings. The number of nitrogens with two attached hydrogens (primary N) is 1. The number of nitrogens with one attached hydrogen (secondary N) is 1. The maximum atomic E-state index is 12.5. The predicted octanol–water partition coefficient (Wildman–Crippen LogP) is 0.661. The molecule has 0 bridgehead atoms. The molecule has 0 spiro atoms. The van der Waals surface area contributed by atoms with Gasteiger partial charge in [-0.15, -0.1) is 12.4 Å². The molecule has 1 saturated heterocycles. The predicted molar refractivity (Wildman–Crippen MR) is 98.2 cm³/mol. The maximum absolute atomic E-state index is 12.5. The average Bonchev–Trinajstić information content (AvgIpc) is 2.55. The quantitative estimate of drug-likeness (QED) is 0.741. The highest BCUT2D eigenvalue weighted by atomic mass is 35.5. The van der Waals surface area contributed by atoms with Crippen molar-refractivity contribution in [1.82, 2.24) is 9.62 Å². The van der Waals surface area contributed by atoms with Gasteiger partial charge in [0.25, 0.3) is 0 Å². The molecule has 0 atom stereocenters. The molecule has 142 valence electrons. The van der Waals surface area contributed by atoms with E-state index in [0.717, 1.165) is 5.56 Å². The standard InChI is InChI=1S/C16H25N3O4S.ClH/c1-13-3-5-14(6-4-13)24(21,22)18-9-10-19(2)15(20)16(17)7-11-23-12-8-16;/h3-6,18H,7-12,17H2,1-2H3;1H. The van der Waals surface area contributed by atoms with Crippen LogP contribution in [0.25, 0.3) is 0 Å². The van der Waals surface area contributed by atoms with Crippen LogP contribution in [0.1, 0.15) is 18.4 Å². The fourth-order valence-corrected chi connectivity index (χ4v) is 3.60. The van der Waals surface area contributed by atoms with E-state index in [1.807, 2.05) is 6.92 Å². The normalized spacial score (nSPS) is 16.8. The molecule has 1 fully saturated rings. The van der Waals surface area contributed by atoms with E-state index < -0.39 is 15.6 Å². The number of halogens is 1. The Labute approximate surface area is 155 Å². The molecule has 2 rings (SSSR count). The molecule has 0 aromatic heterocycles. The Morgan fingerprint density at radius 1 is 1.28 bits per heavy atom. The first kappa shape index (κ1) is 21.9. The van der Waals surface area contributed by atoms with E-state index in [1.54, 1.807) is 31.3 Å². The summed E-state index contributed by atoms with van der Waals surface area (Å²) in [4.78, 5) is 14.1. The molecule has 0 unspecified atom stereocenters. The Kier molecular flexibility index (Phi) is 7.83. The second-order valence-electron chi connectivity index (χ2n) is 6.21. The highest BCUT2D eigenvalue weighted by Crippen LogP contribution is 2.19. The molecule has 0 aliphatic carbocycles. The van der Waals surface area contributed by atoms with Crippen molar-refractivity contribution < 1.29 is 17.9 Å². The number of aryl methyl sites for hydroxylation is 1. The molecule has 1 amide bonds. The van der Waals surface area contributed by atoms with Crippen LogP contribution < -0.4 is 10.5 Å². The first-order valence-electron chi connectivity index (χ1n) is 7.93. The number of ether oxygens (including phenoxy) is 1. The lowest BCUT2D eigenvalue weighted by atomic mass is 9.90. The molecule has 1 heterocycles. The molecule has 0 radical (unpaired) electrons. The number of hydrogen-bond acceptors (Lipinski definition) is 5. The molecule has 7 nitrogen and oxygen atoms in total. The van der Waals surface area contributed by atoms with E-state index >= 15 is 0 Å². The average molecular weight is 392 g/mol. The molecule has 3 N–H and O–H groups in total. The van der Waals surface area contributed by atoms with E-state index in [-0.39, 0.29) is 36.3 Å². The summed E-state index contributed by atoms with van der Waals surface area (Å²) in [6.45, 7) is 3.21. The lowest BCUT2D eigenvalue weighted by molar-refractivity contribution is -0.139. The van der Waals surface area contributed by atoms with Crippen LogP contribution >= 0.6 is 12.4 Å². The first-order chi connectivity index (χ1) is 11.2. The van der Waals surface area contributed by atoms with Crippen molar-refractivity contribution in [2.45, 2.75) is 30.2 Å². The highest BCUT2D eigenvalue weighted by Gasteiger charge is 2.37. The second kappa shape index (κ2) is 8.95. The number of sulfonamides is 1. The van der Waals surface area contributed by atoms with Gasteiger partial charge < -0.3 is 15.4 Å². The molecular weight excluding hydrogens is 366 g/mol. The molecule has 9 heteroatoms. The monoisotopic (exact) mass is 391 g/mol. The SMILES string of the molecule is Cc1ccc(S(=O)(=O)NCCN(C)C(=O)C2(N)CCOCC2)cc1.Cl. The van der Waals surface area contributed by atoms with Crippen molar-refractivity contribution in [3.8, 4) is 0 Å². The van der Waals surface area contributed by atoms with E-state index in [2.05, 4.69) is 4.72 Å². The van der Waals surface area contributed by atoms with E-state index in [9.17, 15) is 13.2 Å². The molecule has 0 saturated carbocycles. The van der Waals surface area contributed by atoms with Crippen molar-refractivity contribution in [3.05, 3.63) is 29.8 Å². The van der Waals surface area contributed by atoms with Gasteiger partial charge in [-0.1, -0.05) is 17.7 Å². The lowest BCUT2D eigenvalue weighted by Gasteiger charge is -2.35. The van der Waals surface area contributed by atoms with Crippen molar-refractivity contribution in [1.29, 1.82) is 0 Å². The van der Waals surface area contributed by atoms with Gasteiger partial charge in [0.05, 0.1) is 10.4 Å². The number of likely N-dealkylation sites (N-methyl/N-ethyl adjacent to an activating group) is 1. The van der Waals surface area contributed by atoms with Crippen molar-refractivity contribution in [2.24, 2.45) is 5.73 Å². The molecule has 1 aliphatic rings. The van der Waals surface area contributed by atoms with Crippen molar-refractivity contribution >= 4 is 28.3 Å².